The van der Waals surface area contributed by atoms with Crippen LogP contribution in [-0.4, -0.2) is 0 Å². The number of thiophene rings is 1. The summed E-state index contributed by atoms with van der Waals surface area (Å²) in [4.78, 5) is 2.54. The Balaban J connectivity index is 2.59. The summed E-state index contributed by atoms with van der Waals surface area (Å²) in [6, 6.07) is 7.84. The molecule has 0 aliphatic rings. The van der Waals surface area contributed by atoms with E-state index in [1.807, 2.05) is 12.1 Å². The lowest BCUT2D eigenvalue weighted by atomic mass is 10.1. The quantitative estimate of drug-likeness (QED) is 0.737. The highest BCUT2D eigenvalue weighted by Crippen LogP contribution is 2.36. The summed E-state index contributed by atoms with van der Waals surface area (Å²) in [5, 5.41) is 0.722. The molecule has 0 fully saturated rings. The molecule has 0 saturated heterocycles. The highest BCUT2D eigenvalue weighted by atomic mass is 35.5. The molecule has 15 heavy (non-hydrogen) atoms. The zero-order chi connectivity index (χ0) is 11.0. The van der Waals surface area contributed by atoms with Crippen molar-refractivity contribution < 1.29 is 0 Å². The van der Waals surface area contributed by atoms with E-state index < -0.39 is 0 Å². The first-order valence-corrected chi connectivity index (χ1v) is 5.90. The van der Waals surface area contributed by atoms with Crippen LogP contribution in [0.25, 0.3) is 10.4 Å². The molecule has 1 aromatic heterocycles. The van der Waals surface area contributed by atoms with Crippen LogP contribution in [0.15, 0.2) is 24.3 Å². The Morgan fingerprint density at radius 1 is 1.20 bits per heavy atom. The highest BCUT2D eigenvalue weighted by Gasteiger charge is 2.09. The van der Waals surface area contributed by atoms with Gasteiger partial charge in [0.1, 0.15) is 0 Å². The average molecular weight is 238 g/mol. The summed E-state index contributed by atoms with van der Waals surface area (Å²) in [5.74, 6) is 0. The predicted octanol–water partition coefficient (Wildman–Crippen LogP) is 4.27. The molecular formula is C12H12ClNS. The van der Waals surface area contributed by atoms with Crippen molar-refractivity contribution in [3.05, 3.63) is 39.7 Å². The van der Waals surface area contributed by atoms with E-state index in [1.54, 1.807) is 17.4 Å². The second kappa shape index (κ2) is 3.87. The van der Waals surface area contributed by atoms with E-state index in [2.05, 4.69) is 19.9 Å². The van der Waals surface area contributed by atoms with Gasteiger partial charge in [0.05, 0.1) is 5.02 Å². The largest absolute Gasteiger partial charge is 0.399 e. The number of hydrogen-bond donors (Lipinski definition) is 1. The minimum atomic E-state index is 0.703. The van der Waals surface area contributed by atoms with Crippen LogP contribution in [0.2, 0.25) is 5.02 Å². The number of aryl methyl sites for hydroxylation is 2. The minimum Gasteiger partial charge on any atom is -0.399 e. The molecule has 1 aromatic carbocycles. The van der Waals surface area contributed by atoms with E-state index in [0.29, 0.717) is 5.69 Å². The molecule has 0 saturated carbocycles. The van der Waals surface area contributed by atoms with E-state index in [4.69, 9.17) is 17.3 Å². The maximum atomic E-state index is 6.17. The molecule has 2 rings (SSSR count). The second-order valence-corrected chi connectivity index (χ2v) is 5.27. The van der Waals surface area contributed by atoms with Crippen molar-refractivity contribution in [2.75, 3.05) is 5.73 Å². The van der Waals surface area contributed by atoms with E-state index in [9.17, 15) is 0 Å². The zero-order valence-corrected chi connectivity index (χ0v) is 10.2. The standard InChI is InChI=1S/C12H12ClNS/c1-7-5-8(2)15-12(7)10-4-3-9(14)6-11(10)13/h3-6H,14H2,1-2H3. The fourth-order valence-corrected chi connectivity index (χ4v) is 3.03. The number of halogens is 1. The number of hydrogen-bond acceptors (Lipinski definition) is 2. The fraction of sp³-hybridized carbons (Fsp3) is 0.167. The van der Waals surface area contributed by atoms with Crippen LogP contribution in [0, 0.1) is 13.8 Å². The SMILES string of the molecule is Cc1cc(C)c(-c2ccc(N)cc2Cl)s1. The molecule has 0 bridgehead atoms. The zero-order valence-electron chi connectivity index (χ0n) is 8.67. The van der Waals surface area contributed by atoms with Gasteiger partial charge in [-0.25, -0.2) is 0 Å². The monoisotopic (exact) mass is 237 g/mol. The Kier molecular flexibility index (Phi) is 2.72. The lowest BCUT2D eigenvalue weighted by Gasteiger charge is -2.04. The molecule has 0 aliphatic carbocycles. The second-order valence-electron chi connectivity index (χ2n) is 3.61. The van der Waals surface area contributed by atoms with Gasteiger partial charge in [-0.15, -0.1) is 11.3 Å². The normalized spacial score (nSPS) is 10.6. The molecule has 2 aromatic rings. The van der Waals surface area contributed by atoms with Crippen LogP contribution in [0.4, 0.5) is 5.69 Å². The lowest BCUT2D eigenvalue weighted by Crippen LogP contribution is -1.85. The van der Waals surface area contributed by atoms with Gasteiger partial charge in [0.2, 0.25) is 0 Å². The predicted molar refractivity (Wildman–Crippen MR) is 68.7 cm³/mol. The number of nitrogens with two attached hydrogens (primary N) is 1. The van der Waals surface area contributed by atoms with Crippen molar-refractivity contribution >= 4 is 28.6 Å². The molecule has 0 aliphatic heterocycles. The molecular weight excluding hydrogens is 226 g/mol. The first-order valence-electron chi connectivity index (χ1n) is 4.70. The first kappa shape index (κ1) is 10.5. The van der Waals surface area contributed by atoms with Gasteiger partial charge in [0, 0.05) is 21.0 Å². The summed E-state index contributed by atoms with van der Waals surface area (Å²) in [6.07, 6.45) is 0. The number of nitrogen functional groups attached to an aromatic ring is 1. The molecule has 0 atom stereocenters. The van der Waals surface area contributed by atoms with Crippen molar-refractivity contribution in [2.24, 2.45) is 0 Å². The Labute approximate surface area is 98.5 Å². The molecule has 0 amide bonds. The maximum absolute atomic E-state index is 6.17. The lowest BCUT2D eigenvalue weighted by molar-refractivity contribution is 1.50. The van der Waals surface area contributed by atoms with Crippen LogP contribution in [0.3, 0.4) is 0 Å². The molecule has 0 spiro atoms. The van der Waals surface area contributed by atoms with Gasteiger partial charge in [0.15, 0.2) is 0 Å². The number of rotatable bonds is 1. The molecule has 0 unspecified atom stereocenters. The van der Waals surface area contributed by atoms with Crippen LogP contribution >= 0.6 is 22.9 Å². The summed E-state index contributed by atoms with van der Waals surface area (Å²) in [6.45, 7) is 4.21. The van der Waals surface area contributed by atoms with E-state index in [0.717, 1.165) is 10.6 Å². The third-order valence-electron chi connectivity index (χ3n) is 2.28. The van der Waals surface area contributed by atoms with Gasteiger partial charge < -0.3 is 5.73 Å². The molecule has 0 radical (unpaired) electrons. The van der Waals surface area contributed by atoms with Gasteiger partial charge in [-0.05, 0) is 37.6 Å². The smallest absolute Gasteiger partial charge is 0.0513 e. The van der Waals surface area contributed by atoms with E-state index in [1.165, 1.54) is 15.3 Å². The van der Waals surface area contributed by atoms with Crippen molar-refractivity contribution in [2.45, 2.75) is 13.8 Å². The molecule has 3 heteroatoms. The Morgan fingerprint density at radius 3 is 2.47 bits per heavy atom. The third-order valence-corrected chi connectivity index (χ3v) is 3.78. The van der Waals surface area contributed by atoms with Crippen LogP contribution in [0.1, 0.15) is 10.4 Å². The van der Waals surface area contributed by atoms with E-state index >= 15 is 0 Å². The van der Waals surface area contributed by atoms with Crippen LogP contribution in [0.5, 0.6) is 0 Å². The van der Waals surface area contributed by atoms with Gasteiger partial charge in [-0.3, -0.25) is 0 Å². The summed E-state index contributed by atoms with van der Waals surface area (Å²) in [7, 11) is 0. The van der Waals surface area contributed by atoms with Crippen molar-refractivity contribution in [3.63, 3.8) is 0 Å². The minimum absolute atomic E-state index is 0.703. The van der Waals surface area contributed by atoms with Crippen molar-refractivity contribution in [1.29, 1.82) is 0 Å². The topological polar surface area (TPSA) is 26.0 Å². The van der Waals surface area contributed by atoms with Gasteiger partial charge in [-0.2, -0.15) is 0 Å². The van der Waals surface area contributed by atoms with Gasteiger partial charge in [0.25, 0.3) is 0 Å². The van der Waals surface area contributed by atoms with Crippen LogP contribution in [-0.2, 0) is 0 Å². The van der Waals surface area contributed by atoms with Gasteiger partial charge >= 0.3 is 0 Å². The van der Waals surface area contributed by atoms with Crippen molar-refractivity contribution in [1.82, 2.24) is 0 Å². The van der Waals surface area contributed by atoms with Crippen molar-refractivity contribution in [3.8, 4) is 10.4 Å². The molecule has 1 nitrogen and oxygen atoms in total. The third kappa shape index (κ3) is 2.01. The first-order chi connectivity index (χ1) is 7.08. The summed E-state index contributed by atoms with van der Waals surface area (Å²) >= 11 is 7.93. The maximum Gasteiger partial charge on any atom is 0.0513 e. The Bertz CT molecular complexity index is 502. The fourth-order valence-electron chi connectivity index (χ4n) is 1.62. The average Bonchev–Trinajstić information content (AvgIpc) is 2.45. The van der Waals surface area contributed by atoms with Gasteiger partial charge in [-0.1, -0.05) is 17.7 Å². The molecule has 1 heterocycles. The molecule has 2 N–H and O–H groups in total. The van der Waals surface area contributed by atoms with E-state index in [-0.39, 0.29) is 0 Å². The Morgan fingerprint density at radius 2 is 1.93 bits per heavy atom. The Hall–Kier alpha value is -0.990. The number of benzene rings is 1. The van der Waals surface area contributed by atoms with Crippen LogP contribution < -0.4 is 5.73 Å². The summed E-state index contributed by atoms with van der Waals surface area (Å²) < 4.78 is 0. The number of anilines is 1. The highest BCUT2D eigenvalue weighted by molar-refractivity contribution is 7.15. The molecule has 78 valence electrons. The summed E-state index contributed by atoms with van der Waals surface area (Å²) in [5.41, 5.74) is 8.71.